The van der Waals surface area contributed by atoms with Gasteiger partial charge < -0.3 is 15.4 Å². The van der Waals surface area contributed by atoms with Crippen LogP contribution in [0, 0.1) is 0 Å². The van der Waals surface area contributed by atoms with Crippen LogP contribution in [0.5, 0.6) is 0 Å². The molecule has 2 N–H and O–H groups in total. The van der Waals surface area contributed by atoms with Gasteiger partial charge >= 0.3 is 5.97 Å². The Hall–Kier alpha value is -2.81. The summed E-state index contributed by atoms with van der Waals surface area (Å²) in [5, 5.41) is 6.56. The van der Waals surface area contributed by atoms with E-state index in [0.29, 0.717) is 33.3 Å². The van der Waals surface area contributed by atoms with Crippen LogP contribution in [0.3, 0.4) is 0 Å². The fourth-order valence-corrected chi connectivity index (χ4v) is 6.61. The summed E-state index contributed by atoms with van der Waals surface area (Å²) in [5.74, 6) is -0.838. The standard InChI is InChI=1S/C27H27ClN2O4S2/c1-3-21(25(32)30-26-23(27(33)34-2)20-12-4-5-13-22(20)36-26)35-19-11-7-10-18(15-19)29-24(31)16-8-6-9-17(28)14-16/h6-11,14-15,21H,3-5,12-13H2,1-2H3,(H,29,31)(H,30,32). The van der Waals surface area contributed by atoms with Gasteiger partial charge in [-0.2, -0.15) is 0 Å². The first-order valence-corrected chi connectivity index (χ1v) is 13.8. The summed E-state index contributed by atoms with van der Waals surface area (Å²) < 4.78 is 5.02. The highest BCUT2D eigenvalue weighted by Crippen LogP contribution is 2.39. The van der Waals surface area contributed by atoms with Crippen molar-refractivity contribution in [2.24, 2.45) is 0 Å². The number of nitrogens with one attached hydrogen (secondary N) is 2. The second kappa shape index (κ2) is 12.0. The van der Waals surface area contributed by atoms with Gasteiger partial charge in [0.15, 0.2) is 0 Å². The van der Waals surface area contributed by atoms with Crippen molar-refractivity contribution in [3.63, 3.8) is 0 Å². The first-order valence-electron chi connectivity index (χ1n) is 11.8. The van der Waals surface area contributed by atoms with Crippen LogP contribution in [0.2, 0.25) is 5.02 Å². The summed E-state index contributed by atoms with van der Waals surface area (Å²) >= 11 is 8.89. The van der Waals surface area contributed by atoms with E-state index >= 15 is 0 Å². The highest BCUT2D eigenvalue weighted by Gasteiger charge is 2.28. The molecule has 6 nitrogen and oxygen atoms in total. The lowest BCUT2D eigenvalue weighted by atomic mass is 9.95. The summed E-state index contributed by atoms with van der Waals surface area (Å²) in [6, 6.07) is 14.1. The Balaban J connectivity index is 1.47. The van der Waals surface area contributed by atoms with Crippen molar-refractivity contribution >= 4 is 63.2 Å². The number of esters is 1. The molecule has 2 aromatic carbocycles. The lowest BCUT2D eigenvalue weighted by Crippen LogP contribution is -2.25. The average molecular weight is 543 g/mol. The van der Waals surface area contributed by atoms with E-state index in [9.17, 15) is 14.4 Å². The molecule has 1 aliphatic carbocycles. The molecule has 9 heteroatoms. The van der Waals surface area contributed by atoms with Gasteiger partial charge in [0.05, 0.1) is 17.9 Å². The molecule has 0 saturated carbocycles. The van der Waals surface area contributed by atoms with Gasteiger partial charge in [0.1, 0.15) is 5.00 Å². The van der Waals surface area contributed by atoms with E-state index in [1.807, 2.05) is 25.1 Å². The number of halogens is 1. The molecule has 0 bridgehead atoms. The quantitative estimate of drug-likeness (QED) is 0.241. The molecule has 1 heterocycles. The molecule has 1 atom stereocenters. The monoisotopic (exact) mass is 542 g/mol. The van der Waals surface area contributed by atoms with E-state index in [0.717, 1.165) is 41.0 Å². The maximum atomic E-state index is 13.2. The Morgan fingerprint density at radius 2 is 1.86 bits per heavy atom. The first-order chi connectivity index (χ1) is 17.4. The van der Waals surface area contributed by atoms with Gasteiger partial charge in [0.25, 0.3) is 5.91 Å². The molecule has 1 aliphatic rings. The van der Waals surface area contributed by atoms with Crippen molar-refractivity contribution in [1.82, 2.24) is 0 Å². The van der Waals surface area contributed by atoms with E-state index in [4.69, 9.17) is 16.3 Å². The third-order valence-corrected chi connectivity index (χ3v) is 8.72. The zero-order valence-electron chi connectivity index (χ0n) is 20.1. The number of carbonyl (C=O) groups is 3. The minimum atomic E-state index is -0.409. The fraction of sp³-hybridized carbons (Fsp3) is 0.296. The van der Waals surface area contributed by atoms with Crippen LogP contribution in [0.4, 0.5) is 10.7 Å². The predicted molar refractivity (Wildman–Crippen MR) is 147 cm³/mol. The first kappa shape index (κ1) is 26.3. The van der Waals surface area contributed by atoms with Gasteiger partial charge in [-0.25, -0.2) is 4.79 Å². The molecule has 188 valence electrons. The van der Waals surface area contributed by atoms with Crippen molar-refractivity contribution in [1.29, 1.82) is 0 Å². The SMILES string of the molecule is CCC(Sc1cccc(NC(=O)c2cccc(Cl)c2)c1)C(=O)Nc1sc2c(c1C(=O)OC)CCCC2. The smallest absolute Gasteiger partial charge is 0.341 e. The Bertz CT molecular complexity index is 1290. The van der Waals surface area contributed by atoms with Crippen molar-refractivity contribution < 1.29 is 19.1 Å². The van der Waals surface area contributed by atoms with Gasteiger partial charge in [0, 0.05) is 26.0 Å². The van der Waals surface area contributed by atoms with Crippen LogP contribution < -0.4 is 10.6 Å². The summed E-state index contributed by atoms with van der Waals surface area (Å²) in [5.41, 5.74) is 2.60. The lowest BCUT2D eigenvalue weighted by Gasteiger charge is -2.16. The topological polar surface area (TPSA) is 84.5 Å². The number of aryl methyl sites for hydroxylation is 1. The number of ether oxygens (including phenoxy) is 1. The number of fused-ring (bicyclic) bond motifs is 1. The Kier molecular flexibility index (Phi) is 8.72. The van der Waals surface area contributed by atoms with Gasteiger partial charge in [-0.15, -0.1) is 23.1 Å². The van der Waals surface area contributed by atoms with Crippen LogP contribution in [0.25, 0.3) is 0 Å². The number of carbonyl (C=O) groups excluding carboxylic acids is 3. The number of anilines is 2. The highest BCUT2D eigenvalue weighted by molar-refractivity contribution is 8.00. The Labute approximate surface area is 223 Å². The maximum absolute atomic E-state index is 13.2. The normalized spacial score (nSPS) is 13.4. The zero-order valence-corrected chi connectivity index (χ0v) is 22.4. The number of amides is 2. The van der Waals surface area contributed by atoms with Crippen molar-refractivity contribution in [3.8, 4) is 0 Å². The second-order valence-electron chi connectivity index (χ2n) is 8.40. The maximum Gasteiger partial charge on any atom is 0.341 e. The van der Waals surface area contributed by atoms with Gasteiger partial charge in [-0.05, 0) is 74.1 Å². The Morgan fingerprint density at radius 3 is 2.61 bits per heavy atom. The van der Waals surface area contributed by atoms with Gasteiger partial charge in [0.2, 0.25) is 5.91 Å². The molecular weight excluding hydrogens is 516 g/mol. The molecule has 0 spiro atoms. The van der Waals surface area contributed by atoms with Crippen LogP contribution in [-0.2, 0) is 22.4 Å². The van der Waals surface area contributed by atoms with Crippen LogP contribution in [-0.4, -0.2) is 30.1 Å². The van der Waals surface area contributed by atoms with E-state index in [-0.39, 0.29) is 17.1 Å². The third kappa shape index (κ3) is 6.11. The Morgan fingerprint density at radius 1 is 1.08 bits per heavy atom. The predicted octanol–water partition coefficient (Wildman–Crippen LogP) is 6.83. The number of hydrogen-bond donors (Lipinski definition) is 2. The number of methoxy groups -OCH3 is 1. The number of rotatable bonds is 8. The van der Waals surface area contributed by atoms with E-state index < -0.39 is 5.97 Å². The second-order valence-corrected chi connectivity index (χ2v) is 11.2. The van der Waals surface area contributed by atoms with E-state index in [1.54, 1.807) is 30.3 Å². The molecule has 0 radical (unpaired) electrons. The lowest BCUT2D eigenvalue weighted by molar-refractivity contribution is -0.115. The van der Waals surface area contributed by atoms with Crippen LogP contribution in [0.1, 0.15) is 57.3 Å². The number of benzene rings is 2. The van der Waals surface area contributed by atoms with E-state index in [1.165, 1.54) is 30.2 Å². The molecule has 0 saturated heterocycles. The summed E-state index contributed by atoms with van der Waals surface area (Å²) in [6.07, 6.45) is 4.44. The van der Waals surface area contributed by atoms with Gasteiger partial charge in [-0.1, -0.05) is 30.7 Å². The summed E-state index contributed by atoms with van der Waals surface area (Å²) in [7, 11) is 1.36. The molecular formula is C27H27ClN2O4S2. The average Bonchev–Trinajstić information content (AvgIpc) is 3.24. The largest absolute Gasteiger partial charge is 0.465 e. The third-order valence-electron chi connectivity index (χ3n) is 5.92. The summed E-state index contributed by atoms with van der Waals surface area (Å²) in [6.45, 7) is 1.95. The van der Waals surface area contributed by atoms with Crippen LogP contribution in [0.15, 0.2) is 53.4 Å². The summed E-state index contributed by atoms with van der Waals surface area (Å²) in [4.78, 5) is 40.3. The molecule has 1 aromatic heterocycles. The van der Waals surface area contributed by atoms with E-state index in [2.05, 4.69) is 10.6 Å². The molecule has 0 fully saturated rings. The van der Waals surface area contributed by atoms with Crippen molar-refractivity contribution in [2.75, 3.05) is 17.7 Å². The molecule has 1 unspecified atom stereocenters. The molecule has 4 rings (SSSR count). The fourth-order valence-electron chi connectivity index (χ4n) is 4.13. The zero-order chi connectivity index (χ0) is 25.7. The molecule has 3 aromatic rings. The van der Waals surface area contributed by atoms with Crippen molar-refractivity contribution in [2.45, 2.75) is 49.2 Å². The van der Waals surface area contributed by atoms with Crippen molar-refractivity contribution in [3.05, 3.63) is 75.1 Å². The minimum absolute atomic E-state index is 0.167. The number of hydrogen-bond acceptors (Lipinski definition) is 6. The number of thiophene rings is 1. The number of thioether (sulfide) groups is 1. The van der Waals surface area contributed by atoms with Crippen LogP contribution >= 0.6 is 34.7 Å². The molecule has 36 heavy (non-hydrogen) atoms. The molecule has 0 aliphatic heterocycles. The van der Waals surface area contributed by atoms with Gasteiger partial charge in [-0.3, -0.25) is 9.59 Å². The minimum Gasteiger partial charge on any atom is -0.465 e. The molecule has 2 amide bonds. The highest BCUT2D eigenvalue weighted by atomic mass is 35.5.